The minimum atomic E-state index is -1.02. The third-order valence-electron chi connectivity index (χ3n) is 5.72. The van der Waals surface area contributed by atoms with Crippen molar-refractivity contribution in [2.45, 2.75) is 26.8 Å². The zero-order chi connectivity index (χ0) is 26.1. The number of benzene rings is 2. The molecule has 0 saturated carbocycles. The smallest absolute Gasteiger partial charge is 0.350 e. The number of hydrogen-bond acceptors (Lipinski definition) is 8. The lowest BCUT2D eigenvalue weighted by atomic mass is 9.95. The monoisotopic (exact) mass is 526 g/mol. The van der Waals surface area contributed by atoms with Gasteiger partial charge in [-0.3, -0.25) is 14.5 Å². The molecule has 1 N–H and O–H groups in total. The molecule has 2 heterocycles. The van der Waals surface area contributed by atoms with E-state index in [2.05, 4.69) is 4.98 Å². The van der Waals surface area contributed by atoms with Gasteiger partial charge in [0.25, 0.3) is 5.78 Å². The highest BCUT2D eigenvalue weighted by molar-refractivity contribution is 7.17. The number of amides is 1. The first kappa shape index (κ1) is 25.4. The Morgan fingerprint density at radius 1 is 1.19 bits per heavy atom. The van der Waals surface area contributed by atoms with Crippen LogP contribution in [0.2, 0.25) is 5.02 Å². The molecule has 0 aliphatic carbocycles. The second-order valence-electron chi connectivity index (χ2n) is 8.04. The Morgan fingerprint density at radius 3 is 2.58 bits per heavy atom. The molecule has 0 unspecified atom stereocenters. The maximum absolute atomic E-state index is 13.3. The number of hydrogen-bond donors (Lipinski definition) is 1. The first-order valence-electron chi connectivity index (χ1n) is 11.0. The summed E-state index contributed by atoms with van der Waals surface area (Å²) in [5, 5.41) is 11.8. The zero-order valence-corrected chi connectivity index (χ0v) is 21.6. The molecule has 3 aromatic rings. The fourth-order valence-electron chi connectivity index (χ4n) is 4.06. The molecular weight excluding hydrogens is 504 g/mol. The average Bonchev–Trinajstić information content (AvgIpc) is 3.36. The molecule has 0 bridgehead atoms. The van der Waals surface area contributed by atoms with Crippen LogP contribution in [0.15, 0.2) is 48.0 Å². The highest BCUT2D eigenvalue weighted by atomic mass is 35.5. The molecule has 0 radical (unpaired) electrons. The van der Waals surface area contributed by atoms with Crippen LogP contribution >= 0.6 is 22.9 Å². The predicted molar refractivity (Wildman–Crippen MR) is 137 cm³/mol. The van der Waals surface area contributed by atoms with Gasteiger partial charge in [-0.25, -0.2) is 9.78 Å². The number of carbonyl (C=O) groups excluding carboxylic acids is 3. The van der Waals surface area contributed by atoms with Gasteiger partial charge in [-0.2, -0.15) is 0 Å². The molecule has 1 aliphatic heterocycles. The minimum absolute atomic E-state index is 0.113. The van der Waals surface area contributed by atoms with Crippen molar-refractivity contribution in [3.63, 3.8) is 0 Å². The van der Waals surface area contributed by atoms with E-state index in [1.165, 1.54) is 12.0 Å². The molecule has 2 aromatic carbocycles. The van der Waals surface area contributed by atoms with Crippen LogP contribution in [0.5, 0.6) is 5.75 Å². The number of anilines is 1. The van der Waals surface area contributed by atoms with E-state index >= 15 is 0 Å². The first-order valence-corrected chi connectivity index (χ1v) is 12.2. The van der Waals surface area contributed by atoms with Crippen LogP contribution < -0.4 is 9.64 Å². The van der Waals surface area contributed by atoms with Crippen LogP contribution in [0, 0.1) is 13.8 Å². The maximum atomic E-state index is 13.3. The Labute approximate surface area is 216 Å². The number of nitrogens with zero attached hydrogens (tertiary/aromatic N) is 2. The summed E-state index contributed by atoms with van der Waals surface area (Å²) in [5.74, 6) is -2.05. The topological polar surface area (TPSA) is 106 Å². The molecule has 1 atom stereocenters. The SMILES string of the molecule is CCOc1ccc(C(O)=C2C(=O)C(=O)N(c3nc(C)c(C(=O)OC)s3)[C@@H]2c2cccc(Cl)c2)cc1C. The number of halogens is 1. The van der Waals surface area contributed by atoms with Gasteiger partial charge >= 0.3 is 11.9 Å². The van der Waals surface area contributed by atoms with Gasteiger partial charge < -0.3 is 14.6 Å². The predicted octanol–water partition coefficient (Wildman–Crippen LogP) is 5.22. The summed E-state index contributed by atoms with van der Waals surface area (Å²) in [6.45, 7) is 5.78. The van der Waals surface area contributed by atoms with Gasteiger partial charge in [-0.15, -0.1) is 0 Å². The van der Waals surface area contributed by atoms with Gasteiger partial charge in [0.2, 0.25) is 0 Å². The van der Waals surface area contributed by atoms with Crippen molar-refractivity contribution in [3.05, 3.63) is 80.3 Å². The third kappa shape index (κ3) is 4.47. The highest BCUT2D eigenvalue weighted by Crippen LogP contribution is 2.44. The fourth-order valence-corrected chi connectivity index (χ4v) is 5.27. The number of Topliss-reactive ketones (excluding diaryl/α,β-unsaturated/α-hetero) is 1. The zero-order valence-electron chi connectivity index (χ0n) is 20.0. The van der Waals surface area contributed by atoms with Crippen LogP contribution in [0.1, 0.15) is 45.0 Å². The summed E-state index contributed by atoms with van der Waals surface area (Å²) >= 11 is 7.17. The molecule has 186 valence electrons. The molecule has 1 fully saturated rings. The van der Waals surface area contributed by atoms with Crippen molar-refractivity contribution in [2.75, 3.05) is 18.6 Å². The van der Waals surface area contributed by atoms with Crippen molar-refractivity contribution in [1.82, 2.24) is 4.98 Å². The second-order valence-corrected chi connectivity index (χ2v) is 9.45. The van der Waals surface area contributed by atoms with Gasteiger partial charge in [0.15, 0.2) is 5.13 Å². The van der Waals surface area contributed by atoms with Crippen molar-refractivity contribution in [3.8, 4) is 5.75 Å². The molecule has 8 nitrogen and oxygen atoms in total. The van der Waals surface area contributed by atoms with E-state index in [9.17, 15) is 19.5 Å². The summed E-state index contributed by atoms with van der Waals surface area (Å²) in [6.07, 6.45) is 0. The number of esters is 1. The van der Waals surface area contributed by atoms with E-state index in [0.29, 0.717) is 34.2 Å². The number of aromatic nitrogens is 1. The summed E-state index contributed by atoms with van der Waals surface area (Å²) in [5.41, 5.74) is 1.85. The number of ether oxygens (including phenoxy) is 2. The molecule has 1 saturated heterocycles. The van der Waals surface area contributed by atoms with E-state index in [4.69, 9.17) is 21.1 Å². The number of aryl methyl sites for hydroxylation is 2. The van der Waals surface area contributed by atoms with Crippen LogP contribution in [0.25, 0.3) is 5.76 Å². The summed E-state index contributed by atoms with van der Waals surface area (Å²) < 4.78 is 10.4. The van der Waals surface area contributed by atoms with Gasteiger partial charge in [0.05, 0.1) is 31.0 Å². The van der Waals surface area contributed by atoms with Gasteiger partial charge in [0, 0.05) is 10.6 Å². The van der Waals surface area contributed by atoms with Crippen molar-refractivity contribution >= 4 is 51.5 Å². The third-order valence-corrected chi connectivity index (χ3v) is 7.09. The Bertz CT molecular complexity index is 1410. The molecule has 0 spiro atoms. The minimum Gasteiger partial charge on any atom is -0.507 e. The van der Waals surface area contributed by atoms with Crippen LogP contribution in [0.3, 0.4) is 0 Å². The maximum Gasteiger partial charge on any atom is 0.350 e. The number of aliphatic hydroxyl groups is 1. The van der Waals surface area contributed by atoms with Crippen LogP contribution in [-0.4, -0.2) is 41.5 Å². The lowest BCUT2D eigenvalue weighted by molar-refractivity contribution is -0.132. The number of rotatable bonds is 6. The number of thiazole rings is 1. The van der Waals surface area contributed by atoms with E-state index < -0.39 is 23.7 Å². The standard InChI is InChI=1S/C26H23ClN2O6S/c1-5-35-18-10-9-16(11-13(18)2)21(30)19-20(15-7-6-8-17(27)12-15)29(24(32)22(19)31)26-28-14(3)23(36-26)25(33)34-4/h6-12,20,30H,5H2,1-4H3/t20-/m1/s1. The van der Waals surface area contributed by atoms with Crippen molar-refractivity contribution in [2.24, 2.45) is 0 Å². The number of aliphatic hydroxyl groups excluding tert-OH is 1. The summed E-state index contributed by atoms with van der Waals surface area (Å²) in [7, 11) is 1.25. The molecule has 1 aliphatic rings. The second kappa shape index (κ2) is 10.1. The number of ketones is 1. The lowest BCUT2D eigenvalue weighted by Crippen LogP contribution is -2.29. The average molecular weight is 527 g/mol. The summed E-state index contributed by atoms with van der Waals surface area (Å²) in [6, 6.07) is 10.7. The Kier molecular flexibility index (Phi) is 7.14. The van der Waals surface area contributed by atoms with E-state index in [-0.39, 0.29) is 21.3 Å². The van der Waals surface area contributed by atoms with E-state index in [1.54, 1.807) is 49.4 Å². The first-order chi connectivity index (χ1) is 17.2. The molecule has 1 amide bonds. The largest absolute Gasteiger partial charge is 0.507 e. The van der Waals surface area contributed by atoms with Gasteiger partial charge in [0.1, 0.15) is 16.4 Å². The quantitative estimate of drug-likeness (QED) is 0.203. The summed E-state index contributed by atoms with van der Waals surface area (Å²) in [4.78, 5) is 44.6. The number of carbonyl (C=O) groups is 3. The molecular formula is C26H23ClN2O6S. The number of methoxy groups -OCH3 is 1. The highest BCUT2D eigenvalue weighted by Gasteiger charge is 2.48. The van der Waals surface area contributed by atoms with Crippen LogP contribution in [-0.2, 0) is 14.3 Å². The Hall–Kier alpha value is -3.69. The molecule has 10 heteroatoms. The Morgan fingerprint density at radius 2 is 1.94 bits per heavy atom. The van der Waals surface area contributed by atoms with Crippen LogP contribution in [0.4, 0.5) is 5.13 Å². The van der Waals surface area contributed by atoms with Crippen molar-refractivity contribution < 1.29 is 29.0 Å². The van der Waals surface area contributed by atoms with Gasteiger partial charge in [-0.05, 0) is 62.2 Å². The lowest BCUT2D eigenvalue weighted by Gasteiger charge is -2.23. The Balaban J connectivity index is 1.92. The molecule has 1 aromatic heterocycles. The van der Waals surface area contributed by atoms with E-state index in [0.717, 1.165) is 16.9 Å². The fraction of sp³-hybridized carbons (Fsp3) is 0.231. The molecule has 36 heavy (non-hydrogen) atoms. The van der Waals surface area contributed by atoms with Gasteiger partial charge in [-0.1, -0.05) is 35.1 Å². The normalized spacial score (nSPS) is 16.9. The molecule has 4 rings (SSSR count). The van der Waals surface area contributed by atoms with Crippen molar-refractivity contribution in [1.29, 1.82) is 0 Å². The van der Waals surface area contributed by atoms with E-state index in [1.807, 2.05) is 13.8 Å².